The van der Waals surface area contributed by atoms with Crippen molar-refractivity contribution in [2.24, 2.45) is 0 Å². The van der Waals surface area contributed by atoms with Crippen molar-refractivity contribution in [1.82, 2.24) is 20.6 Å². The van der Waals surface area contributed by atoms with Crippen molar-refractivity contribution in [3.8, 4) is 17.6 Å². The Morgan fingerprint density at radius 2 is 1.77 bits per heavy atom. The number of tetrazole rings is 1. The minimum Gasteiger partial charge on any atom is -0.487 e. The molecule has 0 aliphatic heterocycles. The number of alkyl halides is 7. The molecule has 30 heavy (non-hydrogen) atoms. The minimum absolute atomic E-state index is 0.0683. The molecular weight excluding hydrogens is 429 g/mol. The lowest BCUT2D eigenvalue weighted by Gasteiger charge is -2.17. The SMILES string of the molecule is N#CC(=CNc1cc(OCC(F)(F)F)cc(OCC(F)(F)C(F)F)c1)c1nn[nH]n1. The first-order valence-corrected chi connectivity index (χ1v) is 7.74. The van der Waals surface area contributed by atoms with Gasteiger partial charge in [-0.3, -0.25) is 0 Å². The Morgan fingerprint density at radius 1 is 1.13 bits per heavy atom. The number of ether oxygens (including phenoxy) is 2. The van der Waals surface area contributed by atoms with E-state index in [1.165, 1.54) is 0 Å². The van der Waals surface area contributed by atoms with E-state index in [4.69, 9.17) is 5.26 Å². The fraction of sp³-hybridized carbons (Fsp3) is 0.333. The zero-order valence-electron chi connectivity index (χ0n) is 14.6. The van der Waals surface area contributed by atoms with Crippen LogP contribution >= 0.6 is 0 Å². The zero-order valence-corrected chi connectivity index (χ0v) is 14.6. The van der Waals surface area contributed by atoms with Crippen LogP contribution in [0.4, 0.5) is 36.4 Å². The fourth-order valence-electron chi connectivity index (χ4n) is 1.81. The van der Waals surface area contributed by atoms with Crippen LogP contribution in [0.5, 0.6) is 11.5 Å². The van der Waals surface area contributed by atoms with Crippen molar-refractivity contribution in [2.45, 2.75) is 18.5 Å². The molecular formula is C15H11F7N6O2. The summed E-state index contributed by atoms with van der Waals surface area (Å²) in [6, 6.07) is 4.59. The van der Waals surface area contributed by atoms with E-state index >= 15 is 0 Å². The van der Waals surface area contributed by atoms with Crippen molar-refractivity contribution >= 4 is 11.3 Å². The van der Waals surface area contributed by atoms with Gasteiger partial charge in [-0.25, -0.2) is 8.78 Å². The van der Waals surface area contributed by atoms with Gasteiger partial charge < -0.3 is 14.8 Å². The van der Waals surface area contributed by atoms with E-state index in [0.717, 1.165) is 24.4 Å². The van der Waals surface area contributed by atoms with Gasteiger partial charge in [0, 0.05) is 30.1 Å². The molecule has 0 spiro atoms. The average Bonchev–Trinajstić information content (AvgIpc) is 3.19. The molecule has 1 heterocycles. The number of nitrogens with zero attached hydrogens (tertiary/aromatic N) is 4. The molecule has 0 atom stereocenters. The lowest BCUT2D eigenvalue weighted by Crippen LogP contribution is -2.33. The lowest BCUT2D eigenvalue weighted by molar-refractivity contribution is -0.153. The number of nitrogens with one attached hydrogen (secondary N) is 2. The Kier molecular flexibility index (Phi) is 7.03. The molecule has 1 aromatic heterocycles. The fourth-order valence-corrected chi connectivity index (χ4v) is 1.81. The largest absolute Gasteiger partial charge is 0.487 e. The second-order valence-electron chi connectivity index (χ2n) is 5.50. The van der Waals surface area contributed by atoms with Crippen LogP contribution in [-0.2, 0) is 0 Å². The quantitative estimate of drug-likeness (QED) is 0.455. The van der Waals surface area contributed by atoms with Crippen molar-refractivity contribution in [1.29, 1.82) is 5.26 Å². The molecule has 0 aliphatic carbocycles. The van der Waals surface area contributed by atoms with Crippen molar-refractivity contribution in [3.63, 3.8) is 0 Å². The van der Waals surface area contributed by atoms with Gasteiger partial charge in [0.15, 0.2) is 13.2 Å². The molecule has 0 saturated carbocycles. The average molecular weight is 440 g/mol. The Hall–Kier alpha value is -3.57. The third kappa shape index (κ3) is 6.79. The Morgan fingerprint density at radius 3 is 2.27 bits per heavy atom. The molecule has 0 bridgehead atoms. The first kappa shape index (κ1) is 22.7. The van der Waals surface area contributed by atoms with Gasteiger partial charge in [0.1, 0.15) is 23.1 Å². The standard InChI is InChI=1S/C15H11F7N6O2/c16-13(17)14(18,19)6-29-10-1-9(2-11(3-10)30-7-15(20,21)22)24-5-8(4-23)12-25-27-28-26-12/h1-3,5,13,24H,6-7H2,(H,25,26,27,28). The van der Waals surface area contributed by atoms with Gasteiger partial charge >= 0.3 is 18.5 Å². The number of aromatic amines is 1. The van der Waals surface area contributed by atoms with Crippen LogP contribution in [0.15, 0.2) is 24.4 Å². The monoisotopic (exact) mass is 440 g/mol. The molecule has 0 fully saturated rings. The molecule has 0 aliphatic rings. The van der Waals surface area contributed by atoms with E-state index < -0.39 is 43.2 Å². The first-order chi connectivity index (χ1) is 14.0. The Bertz CT molecular complexity index is 909. The van der Waals surface area contributed by atoms with Crippen LogP contribution in [0.1, 0.15) is 5.82 Å². The van der Waals surface area contributed by atoms with Gasteiger partial charge in [-0.15, -0.1) is 10.2 Å². The lowest BCUT2D eigenvalue weighted by atomic mass is 10.2. The van der Waals surface area contributed by atoms with Crippen LogP contribution in [0.25, 0.3) is 5.57 Å². The summed E-state index contributed by atoms with van der Waals surface area (Å²) in [5, 5.41) is 24.0. The normalized spacial score (nSPS) is 12.6. The summed E-state index contributed by atoms with van der Waals surface area (Å²) >= 11 is 0. The molecule has 0 amide bonds. The van der Waals surface area contributed by atoms with Crippen LogP contribution < -0.4 is 14.8 Å². The molecule has 1 aromatic carbocycles. The molecule has 2 rings (SSSR count). The molecule has 0 saturated heterocycles. The second kappa shape index (κ2) is 9.29. The van der Waals surface area contributed by atoms with Crippen molar-refractivity contribution < 1.29 is 40.2 Å². The third-order valence-corrected chi connectivity index (χ3v) is 3.12. The molecule has 2 aromatic rings. The molecule has 162 valence electrons. The van der Waals surface area contributed by atoms with E-state index in [-0.39, 0.29) is 17.1 Å². The second-order valence-corrected chi connectivity index (χ2v) is 5.50. The van der Waals surface area contributed by atoms with Crippen molar-refractivity contribution in [3.05, 3.63) is 30.2 Å². The molecule has 15 heteroatoms. The summed E-state index contributed by atoms with van der Waals surface area (Å²) in [4.78, 5) is 0. The number of rotatable bonds is 9. The highest BCUT2D eigenvalue weighted by Crippen LogP contribution is 2.30. The van der Waals surface area contributed by atoms with Gasteiger partial charge in [-0.2, -0.15) is 32.4 Å². The maximum absolute atomic E-state index is 13.1. The molecule has 8 nitrogen and oxygen atoms in total. The maximum Gasteiger partial charge on any atom is 0.422 e. The predicted octanol–water partition coefficient (Wildman–Crippen LogP) is 3.40. The van der Waals surface area contributed by atoms with Gasteiger partial charge in [0.05, 0.1) is 0 Å². The van der Waals surface area contributed by atoms with Crippen LogP contribution in [0, 0.1) is 11.3 Å². The number of allylic oxidation sites excluding steroid dienone is 1. The first-order valence-electron chi connectivity index (χ1n) is 7.74. The number of halogens is 7. The molecule has 0 radical (unpaired) electrons. The number of aromatic nitrogens is 4. The van der Waals surface area contributed by atoms with Crippen molar-refractivity contribution in [2.75, 3.05) is 18.5 Å². The smallest absolute Gasteiger partial charge is 0.422 e. The topological polar surface area (TPSA) is 109 Å². The number of hydrogen-bond donors (Lipinski definition) is 2. The Balaban J connectivity index is 2.25. The Labute approximate surface area is 163 Å². The van der Waals surface area contributed by atoms with Crippen LogP contribution in [0.2, 0.25) is 0 Å². The summed E-state index contributed by atoms with van der Waals surface area (Å²) < 4.78 is 96.9. The number of H-pyrrole nitrogens is 1. The predicted molar refractivity (Wildman–Crippen MR) is 85.8 cm³/mol. The minimum atomic E-state index is -4.69. The summed E-state index contributed by atoms with van der Waals surface area (Å²) in [6.45, 7) is -3.43. The number of nitriles is 1. The summed E-state index contributed by atoms with van der Waals surface area (Å²) in [6.07, 6.45) is -7.65. The summed E-state index contributed by atoms with van der Waals surface area (Å²) in [7, 11) is 0. The summed E-state index contributed by atoms with van der Waals surface area (Å²) in [5.41, 5.74) is -0.210. The third-order valence-electron chi connectivity index (χ3n) is 3.12. The molecule has 2 N–H and O–H groups in total. The number of hydrogen-bond acceptors (Lipinski definition) is 7. The summed E-state index contributed by atoms with van der Waals surface area (Å²) in [5.74, 6) is -5.53. The van der Waals surface area contributed by atoms with Gasteiger partial charge in [-0.1, -0.05) is 0 Å². The highest BCUT2D eigenvalue weighted by molar-refractivity contribution is 5.74. The zero-order chi connectivity index (χ0) is 22.4. The number of anilines is 1. The molecule has 0 unspecified atom stereocenters. The van der Waals surface area contributed by atoms with E-state index in [9.17, 15) is 30.7 Å². The number of benzene rings is 1. The highest BCUT2D eigenvalue weighted by Gasteiger charge is 2.41. The van der Waals surface area contributed by atoms with E-state index in [1.54, 1.807) is 6.07 Å². The van der Waals surface area contributed by atoms with Gasteiger partial charge in [0.2, 0.25) is 5.82 Å². The van der Waals surface area contributed by atoms with Gasteiger partial charge in [0.25, 0.3) is 0 Å². The van der Waals surface area contributed by atoms with Crippen LogP contribution in [-0.4, -0.2) is 52.4 Å². The van der Waals surface area contributed by atoms with E-state index in [1.807, 2.05) is 0 Å². The highest BCUT2D eigenvalue weighted by atomic mass is 19.4. The van der Waals surface area contributed by atoms with E-state index in [0.29, 0.717) is 0 Å². The van der Waals surface area contributed by atoms with Gasteiger partial charge in [-0.05, 0) is 5.21 Å². The van der Waals surface area contributed by atoms with E-state index in [2.05, 4.69) is 35.4 Å². The maximum atomic E-state index is 13.1. The van der Waals surface area contributed by atoms with Crippen LogP contribution in [0.3, 0.4) is 0 Å².